The van der Waals surface area contributed by atoms with Crippen LogP contribution in [0.25, 0.3) is 0 Å². The summed E-state index contributed by atoms with van der Waals surface area (Å²) < 4.78 is 0. The van der Waals surface area contributed by atoms with E-state index in [4.69, 9.17) is 30.6 Å². The van der Waals surface area contributed by atoms with Gasteiger partial charge in [0.2, 0.25) is 0 Å². The second-order valence-electron chi connectivity index (χ2n) is 4.91. The second-order valence-corrected chi connectivity index (χ2v) is 4.91. The molecule has 0 rings (SSSR count). The minimum absolute atomic E-state index is 0. The Kier molecular flexibility index (Phi) is 22.9. The molecule has 0 aromatic heterocycles. The second kappa shape index (κ2) is 17.1. The molecule has 0 saturated carbocycles. The number of rotatable bonds is 10. The number of carboxylic acid groups (broad SMARTS) is 6. The average molecular weight is 462 g/mol. The number of carbonyl (C=O) groups excluding carboxylic acids is 2. The fourth-order valence-electron chi connectivity index (χ4n) is 1.41. The molecule has 0 saturated heterocycles. The van der Waals surface area contributed by atoms with Crippen molar-refractivity contribution in [3.8, 4) is 0 Å². The average Bonchev–Trinajstić information content (AvgIpc) is 2.34. The van der Waals surface area contributed by atoms with E-state index in [0.717, 1.165) is 0 Å². The molecule has 29 heavy (non-hydrogen) atoms. The minimum Gasteiger partial charge on any atom is -0.550 e. The molecular formula is C12H16KNaO15. The summed E-state index contributed by atoms with van der Waals surface area (Å²) in [5, 5.41) is 71.0. The molecule has 0 aliphatic rings. The van der Waals surface area contributed by atoms with Gasteiger partial charge in [-0.15, -0.1) is 0 Å². The predicted molar refractivity (Wildman–Crippen MR) is 72.5 cm³/mol. The Morgan fingerprint density at radius 3 is 0.966 bits per heavy atom. The van der Waals surface area contributed by atoms with E-state index < -0.39 is 72.7 Å². The molecule has 0 fully saturated rings. The summed E-state index contributed by atoms with van der Waals surface area (Å²) in [6.45, 7) is 0. The molecule has 0 radical (unpaired) electrons. The standard InChI is InChI=1S/2C6H8O7.K.Na.H2O/c2*7-3(8)1-6(13,5(11)12)2-4(9)10;;;/h2*13H,1-2H2,(H,7,8)(H,9,10)(H,11,12);;;1H2/q;;2*+1;/p-2. The summed E-state index contributed by atoms with van der Waals surface area (Å²) in [4.78, 5) is 60.7. The molecule has 0 aromatic carbocycles. The van der Waals surface area contributed by atoms with Crippen LogP contribution in [0.2, 0.25) is 0 Å². The van der Waals surface area contributed by atoms with Crippen molar-refractivity contribution in [2.24, 2.45) is 0 Å². The van der Waals surface area contributed by atoms with Crippen LogP contribution in [-0.2, 0) is 28.8 Å². The number of carbonyl (C=O) groups is 6. The topological polar surface area (TPSA) is 301 Å². The first-order valence-electron chi connectivity index (χ1n) is 6.30. The van der Waals surface area contributed by atoms with E-state index in [0.29, 0.717) is 0 Å². The third-order valence-corrected chi connectivity index (χ3v) is 2.56. The Labute approximate surface area is 226 Å². The van der Waals surface area contributed by atoms with E-state index in [1.165, 1.54) is 0 Å². The Bertz CT molecular complexity index is 520. The molecule has 0 aromatic rings. The number of aliphatic carboxylic acids is 6. The quantitative estimate of drug-likeness (QED) is 0.164. The molecule has 0 amide bonds. The molecule has 8 N–H and O–H groups in total. The van der Waals surface area contributed by atoms with Crippen molar-refractivity contribution < 1.29 is 156 Å². The van der Waals surface area contributed by atoms with Crippen molar-refractivity contribution in [2.75, 3.05) is 0 Å². The SMILES string of the molecule is O.O=C(O)CC(O)(CC(=O)O)C(=O)O.O=C([O-])CC(O)(CC(=O)[O-])C(=O)O.[K+].[Na+]. The molecule has 0 bridgehead atoms. The molecule has 17 heteroatoms. The van der Waals surface area contributed by atoms with Crippen molar-refractivity contribution in [2.45, 2.75) is 36.9 Å². The van der Waals surface area contributed by atoms with Gasteiger partial charge in [0, 0.05) is 24.8 Å². The Balaban J connectivity index is -0.000000120. The van der Waals surface area contributed by atoms with Gasteiger partial charge >= 0.3 is 105 Å². The van der Waals surface area contributed by atoms with Crippen LogP contribution in [0.15, 0.2) is 0 Å². The van der Waals surface area contributed by atoms with E-state index in [1.54, 1.807) is 0 Å². The fraction of sp³-hybridized carbons (Fsp3) is 0.500. The van der Waals surface area contributed by atoms with Crippen molar-refractivity contribution >= 4 is 35.8 Å². The van der Waals surface area contributed by atoms with Gasteiger partial charge in [0.1, 0.15) is 0 Å². The van der Waals surface area contributed by atoms with Crippen LogP contribution in [0.1, 0.15) is 25.7 Å². The number of hydrogen-bond acceptors (Lipinski definition) is 10. The zero-order valence-electron chi connectivity index (χ0n) is 15.3. The first kappa shape index (κ1) is 38.9. The van der Waals surface area contributed by atoms with E-state index in [2.05, 4.69) is 0 Å². The molecule has 0 atom stereocenters. The van der Waals surface area contributed by atoms with Gasteiger partial charge < -0.3 is 55.9 Å². The van der Waals surface area contributed by atoms with Crippen LogP contribution in [0.3, 0.4) is 0 Å². The van der Waals surface area contributed by atoms with Gasteiger partial charge in [0.25, 0.3) is 0 Å². The van der Waals surface area contributed by atoms with Gasteiger partial charge in [-0.1, -0.05) is 0 Å². The first-order chi connectivity index (χ1) is 11.6. The van der Waals surface area contributed by atoms with Gasteiger partial charge in [0.15, 0.2) is 11.2 Å². The van der Waals surface area contributed by atoms with E-state index in [1.807, 2.05) is 0 Å². The van der Waals surface area contributed by atoms with Crippen LogP contribution in [0.5, 0.6) is 0 Å². The smallest absolute Gasteiger partial charge is 0.550 e. The summed E-state index contributed by atoms with van der Waals surface area (Å²) in [5.41, 5.74) is -5.60. The molecular weight excluding hydrogens is 446 g/mol. The summed E-state index contributed by atoms with van der Waals surface area (Å²) in [7, 11) is 0. The van der Waals surface area contributed by atoms with Crippen LogP contribution < -0.4 is 91.2 Å². The van der Waals surface area contributed by atoms with Crippen LogP contribution >= 0.6 is 0 Å². The third kappa shape index (κ3) is 17.9. The summed E-state index contributed by atoms with van der Waals surface area (Å²) in [6, 6.07) is 0. The van der Waals surface area contributed by atoms with E-state index in [9.17, 15) is 39.0 Å². The zero-order chi connectivity index (χ0) is 21.3. The minimum atomic E-state index is -2.86. The Hall–Kier alpha value is -0.664. The first-order valence-corrected chi connectivity index (χ1v) is 6.30. The number of carboxylic acids is 6. The van der Waals surface area contributed by atoms with Crippen molar-refractivity contribution in [1.29, 1.82) is 0 Å². The summed E-state index contributed by atoms with van der Waals surface area (Å²) >= 11 is 0. The predicted octanol–water partition coefficient (Wildman–Crippen LogP) is -12.0. The zero-order valence-corrected chi connectivity index (χ0v) is 20.4. The van der Waals surface area contributed by atoms with Gasteiger partial charge in [-0.3, -0.25) is 9.59 Å². The maximum absolute atomic E-state index is 10.3. The van der Waals surface area contributed by atoms with Gasteiger partial charge in [-0.25, -0.2) is 9.59 Å². The maximum Gasteiger partial charge on any atom is 1.00 e. The van der Waals surface area contributed by atoms with Crippen molar-refractivity contribution in [1.82, 2.24) is 0 Å². The van der Waals surface area contributed by atoms with Crippen LogP contribution in [0, 0.1) is 0 Å². The molecule has 15 nitrogen and oxygen atoms in total. The molecule has 0 heterocycles. The normalized spacial score (nSPS) is 9.72. The molecule has 0 aliphatic heterocycles. The Morgan fingerprint density at radius 2 is 0.828 bits per heavy atom. The number of aliphatic hydroxyl groups is 2. The monoisotopic (exact) mass is 462 g/mol. The molecule has 0 spiro atoms. The van der Waals surface area contributed by atoms with Crippen LogP contribution in [-0.4, -0.2) is 83.1 Å². The fourth-order valence-corrected chi connectivity index (χ4v) is 1.41. The number of hydrogen-bond donors (Lipinski definition) is 6. The van der Waals surface area contributed by atoms with Gasteiger partial charge in [-0.2, -0.15) is 0 Å². The molecule has 0 unspecified atom stereocenters. The van der Waals surface area contributed by atoms with Crippen LogP contribution in [0.4, 0.5) is 0 Å². The van der Waals surface area contributed by atoms with Crippen molar-refractivity contribution in [3.63, 3.8) is 0 Å². The van der Waals surface area contributed by atoms with E-state index >= 15 is 0 Å². The molecule has 0 aliphatic carbocycles. The molecule has 156 valence electrons. The summed E-state index contributed by atoms with van der Waals surface area (Å²) in [6.07, 6.45) is -4.88. The van der Waals surface area contributed by atoms with Gasteiger partial charge in [0.05, 0.1) is 12.8 Å². The Morgan fingerprint density at radius 1 is 0.621 bits per heavy atom. The third-order valence-electron chi connectivity index (χ3n) is 2.56. The largest absolute Gasteiger partial charge is 1.00 e. The van der Waals surface area contributed by atoms with E-state index in [-0.39, 0.29) is 86.4 Å². The maximum atomic E-state index is 10.3. The van der Waals surface area contributed by atoms with Gasteiger partial charge in [-0.05, 0) is 0 Å². The summed E-state index contributed by atoms with van der Waals surface area (Å²) in [5.74, 6) is -10.7. The van der Waals surface area contributed by atoms with Crippen molar-refractivity contribution in [3.05, 3.63) is 0 Å².